The van der Waals surface area contributed by atoms with Crippen molar-refractivity contribution in [3.05, 3.63) is 81.4 Å². The first-order chi connectivity index (χ1) is 16.1. The van der Waals surface area contributed by atoms with E-state index in [4.69, 9.17) is 17.0 Å². The number of likely N-dealkylation sites (tertiary alicyclic amines) is 1. The molecular weight excluding hydrogens is 454 g/mol. The number of benzene rings is 2. The predicted octanol–water partition coefficient (Wildman–Crippen LogP) is 4.72. The quantitative estimate of drug-likeness (QED) is 0.201. The summed E-state index contributed by atoms with van der Waals surface area (Å²) in [4.78, 5) is 29.2. The molecule has 0 radical (unpaired) electrons. The number of rotatable bonds is 8. The average molecular weight is 482 g/mol. The first-order valence-electron chi connectivity index (χ1n) is 11.2. The van der Waals surface area contributed by atoms with Gasteiger partial charge in [-0.3, -0.25) is 13.9 Å². The SMILES string of the molecule is CCOC(=O)c1c(SCCN2CCCC2)n(-c2ccccc2)c(=S)n(-c2ccccc2)c1=O. The molecule has 6 nitrogen and oxygen atoms in total. The largest absolute Gasteiger partial charge is 0.462 e. The lowest BCUT2D eigenvalue weighted by Gasteiger charge is -2.21. The molecule has 1 aromatic heterocycles. The monoisotopic (exact) mass is 481 g/mol. The van der Waals surface area contributed by atoms with Gasteiger partial charge in [0.15, 0.2) is 10.3 Å². The molecule has 0 atom stereocenters. The van der Waals surface area contributed by atoms with Crippen LogP contribution < -0.4 is 5.56 Å². The molecule has 172 valence electrons. The lowest BCUT2D eigenvalue weighted by Crippen LogP contribution is -2.32. The maximum atomic E-state index is 13.7. The Morgan fingerprint density at radius 2 is 1.55 bits per heavy atom. The number of esters is 1. The molecule has 33 heavy (non-hydrogen) atoms. The normalized spacial score (nSPS) is 13.8. The van der Waals surface area contributed by atoms with Gasteiger partial charge < -0.3 is 9.64 Å². The van der Waals surface area contributed by atoms with Crippen molar-refractivity contribution in [3.63, 3.8) is 0 Å². The Labute approximate surface area is 202 Å². The van der Waals surface area contributed by atoms with Gasteiger partial charge in [-0.1, -0.05) is 36.4 Å². The summed E-state index contributed by atoms with van der Waals surface area (Å²) in [5.41, 5.74) is 0.961. The third kappa shape index (κ3) is 5.13. The minimum atomic E-state index is -0.629. The number of para-hydroxylation sites is 2. The topological polar surface area (TPSA) is 56.5 Å². The standard InChI is InChI=1S/C25H27N3O3S2/c1-2-31-24(30)21-22(29)27(19-11-5-3-6-12-19)25(32)28(20-13-7-4-8-14-20)23(21)33-18-17-26-15-9-10-16-26/h3-8,11-14H,2,9-10,15-18H2,1H3. The highest BCUT2D eigenvalue weighted by Crippen LogP contribution is 2.27. The number of hydrogen-bond acceptors (Lipinski definition) is 6. The summed E-state index contributed by atoms with van der Waals surface area (Å²) >= 11 is 7.33. The molecule has 2 aromatic carbocycles. The van der Waals surface area contributed by atoms with Crippen LogP contribution in [0.4, 0.5) is 0 Å². The molecule has 1 aliphatic rings. The number of nitrogens with zero attached hydrogens (tertiary/aromatic N) is 3. The van der Waals surface area contributed by atoms with Gasteiger partial charge in [0.2, 0.25) is 0 Å². The first kappa shape index (κ1) is 23.5. The van der Waals surface area contributed by atoms with E-state index in [9.17, 15) is 9.59 Å². The second kappa shape index (κ2) is 11.0. The van der Waals surface area contributed by atoms with Crippen molar-refractivity contribution in [2.24, 2.45) is 0 Å². The number of ether oxygens (including phenoxy) is 1. The van der Waals surface area contributed by atoms with Crippen LogP contribution in [0.5, 0.6) is 0 Å². The van der Waals surface area contributed by atoms with Crippen LogP contribution in [0.15, 0.2) is 70.5 Å². The van der Waals surface area contributed by atoms with E-state index in [0.717, 1.165) is 31.1 Å². The van der Waals surface area contributed by atoms with E-state index < -0.39 is 11.5 Å². The number of hydrogen-bond donors (Lipinski definition) is 0. The van der Waals surface area contributed by atoms with Crippen LogP contribution in [0.2, 0.25) is 0 Å². The molecule has 1 saturated heterocycles. The van der Waals surface area contributed by atoms with Crippen LogP contribution in [0.25, 0.3) is 11.4 Å². The molecule has 0 bridgehead atoms. The van der Waals surface area contributed by atoms with Gasteiger partial charge >= 0.3 is 5.97 Å². The maximum Gasteiger partial charge on any atom is 0.346 e. The van der Waals surface area contributed by atoms with Crippen LogP contribution in [0.3, 0.4) is 0 Å². The Morgan fingerprint density at radius 1 is 0.970 bits per heavy atom. The maximum absolute atomic E-state index is 13.7. The third-order valence-corrected chi connectivity index (χ3v) is 6.98. The summed E-state index contributed by atoms with van der Waals surface area (Å²) in [6.45, 7) is 4.98. The molecule has 2 heterocycles. The molecule has 0 aliphatic carbocycles. The Morgan fingerprint density at radius 3 is 2.12 bits per heavy atom. The second-order valence-electron chi connectivity index (χ2n) is 7.73. The van der Waals surface area contributed by atoms with E-state index in [2.05, 4.69) is 4.90 Å². The fraction of sp³-hybridized carbons (Fsp3) is 0.320. The minimum absolute atomic E-state index is 0.0181. The molecular formula is C25H27N3O3S2. The number of carbonyl (C=O) groups excluding carboxylic acids is 1. The highest BCUT2D eigenvalue weighted by molar-refractivity contribution is 7.99. The van der Waals surface area contributed by atoms with Gasteiger partial charge in [0, 0.05) is 18.0 Å². The van der Waals surface area contributed by atoms with Crippen LogP contribution in [-0.2, 0) is 4.74 Å². The lowest BCUT2D eigenvalue weighted by molar-refractivity contribution is 0.0517. The summed E-state index contributed by atoms with van der Waals surface area (Å²) in [6.07, 6.45) is 2.43. The highest BCUT2D eigenvalue weighted by atomic mass is 32.2. The van der Waals surface area contributed by atoms with Gasteiger partial charge in [0.1, 0.15) is 5.03 Å². The van der Waals surface area contributed by atoms with Gasteiger partial charge in [0.25, 0.3) is 5.56 Å². The Balaban J connectivity index is 1.92. The second-order valence-corrected chi connectivity index (χ2v) is 9.18. The number of carbonyl (C=O) groups is 1. The molecule has 0 spiro atoms. The van der Waals surface area contributed by atoms with Crippen molar-refractivity contribution in [1.82, 2.24) is 14.0 Å². The third-order valence-electron chi connectivity index (χ3n) is 5.57. The Bertz CT molecular complexity index is 1220. The van der Waals surface area contributed by atoms with Crippen LogP contribution >= 0.6 is 24.0 Å². The fourth-order valence-electron chi connectivity index (χ4n) is 3.99. The van der Waals surface area contributed by atoms with E-state index >= 15 is 0 Å². The molecule has 0 saturated carbocycles. The van der Waals surface area contributed by atoms with Crippen LogP contribution in [0.1, 0.15) is 30.1 Å². The van der Waals surface area contributed by atoms with Gasteiger partial charge in [-0.15, -0.1) is 11.8 Å². The molecule has 4 rings (SSSR count). The molecule has 3 aromatic rings. The van der Waals surface area contributed by atoms with Crippen molar-refractivity contribution >= 4 is 29.9 Å². The summed E-state index contributed by atoms with van der Waals surface area (Å²) in [5, 5.41) is 0.529. The average Bonchev–Trinajstić information content (AvgIpc) is 3.34. The van der Waals surface area contributed by atoms with Crippen LogP contribution in [0, 0.1) is 4.77 Å². The predicted molar refractivity (Wildman–Crippen MR) is 135 cm³/mol. The lowest BCUT2D eigenvalue weighted by atomic mass is 10.2. The van der Waals surface area contributed by atoms with E-state index in [1.165, 1.54) is 29.2 Å². The number of thioether (sulfide) groups is 1. The van der Waals surface area contributed by atoms with E-state index in [-0.39, 0.29) is 12.2 Å². The highest BCUT2D eigenvalue weighted by Gasteiger charge is 2.26. The molecule has 8 heteroatoms. The molecule has 0 unspecified atom stereocenters. The van der Waals surface area contributed by atoms with Gasteiger partial charge in [-0.25, -0.2) is 4.79 Å². The van der Waals surface area contributed by atoms with Gasteiger partial charge in [-0.05, 0) is 69.3 Å². The van der Waals surface area contributed by atoms with Crippen molar-refractivity contribution < 1.29 is 9.53 Å². The first-order valence-corrected chi connectivity index (χ1v) is 12.6. The summed E-state index contributed by atoms with van der Waals surface area (Å²) in [5.74, 6) is 0.110. The minimum Gasteiger partial charge on any atom is -0.462 e. The van der Waals surface area contributed by atoms with E-state index in [1.807, 2.05) is 65.2 Å². The summed E-state index contributed by atoms with van der Waals surface area (Å²) < 4.78 is 8.88. The summed E-state index contributed by atoms with van der Waals surface area (Å²) in [7, 11) is 0. The van der Waals surface area contributed by atoms with Gasteiger partial charge in [-0.2, -0.15) is 0 Å². The molecule has 0 N–H and O–H groups in total. The number of aromatic nitrogens is 2. The zero-order valence-corrected chi connectivity index (χ0v) is 20.2. The molecule has 1 fully saturated rings. The van der Waals surface area contributed by atoms with E-state index in [1.54, 1.807) is 6.92 Å². The summed E-state index contributed by atoms with van der Waals surface area (Å²) in [6, 6.07) is 18.8. The van der Waals surface area contributed by atoms with Crippen molar-refractivity contribution in [3.8, 4) is 11.4 Å². The Hall–Kier alpha value is -2.68. The zero-order chi connectivity index (χ0) is 23.2. The molecule has 0 amide bonds. The van der Waals surface area contributed by atoms with E-state index in [0.29, 0.717) is 15.5 Å². The van der Waals surface area contributed by atoms with Crippen molar-refractivity contribution in [2.75, 3.05) is 32.0 Å². The van der Waals surface area contributed by atoms with Crippen molar-refractivity contribution in [1.29, 1.82) is 0 Å². The fourth-order valence-corrected chi connectivity index (χ4v) is 5.61. The van der Waals surface area contributed by atoms with Crippen LogP contribution in [-0.4, -0.2) is 52.0 Å². The van der Waals surface area contributed by atoms with Gasteiger partial charge in [0.05, 0.1) is 12.3 Å². The Kier molecular flexibility index (Phi) is 7.80. The van der Waals surface area contributed by atoms with Crippen molar-refractivity contribution in [2.45, 2.75) is 24.8 Å². The zero-order valence-electron chi connectivity index (χ0n) is 18.6. The smallest absolute Gasteiger partial charge is 0.346 e. The molecule has 1 aliphatic heterocycles.